The number of likely N-dealkylation sites (N-methyl/N-ethyl adjacent to an activating group) is 1. The van der Waals surface area contributed by atoms with Gasteiger partial charge in [0.05, 0.1) is 0 Å². The van der Waals surface area contributed by atoms with Gasteiger partial charge in [0.1, 0.15) is 5.41 Å². The van der Waals surface area contributed by atoms with Gasteiger partial charge in [-0.15, -0.1) is 0 Å². The first-order valence-corrected chi connectivity index (χ1v) is 7.01. The summed E-state index contributed by atoms with van der Waals surface area (Å²) in [7, 11) is 0. The molecule has 0 bridgehead atoms. The molecule has 0 aromatic heterocycles. The van der Waals surface area contributed by atoms with Crippen LogP contribution in [0.3, 0.4) is 0 Å². The minimum absolute atomic E-state index is 0.0336. The normalized spacial score (nSPS) is 19.9. The van der Waals surface area contributed by atoms with Gasteiger partial charge in [-0.1, -0.05) is 25.4 Å². The highest BCUT2D eigenvalue weighted by Gasteiger charge is 2.48. The molecule has 1 atom stereocenters. The lowest BCUT2D eigenvalue weighted by atomic mass is 9.67. The fourth-order valence-corrected chi connectivity index (χ4v) is 2.50. The van der Waals surface area contributed by atoms with Crippen molar-refractivity contribution < 1.29 is 10.0 Å². The van der Waals surface area contributed by atoms with Gasteiger partial charge in [-0.05, 0) is 32.9 Å². The van der Waals surface area contributed by atoms with Gasteiger partial charge in [0.25, 0.3) is 0 Å². The van der Waals surface area contributed by atoms with E-state index in [9.17, 15) is 4.79 Å². The fourth-order valence-electron chi connectivity index (χ4n) is 2.50. The van der Waals surface area contributed by atoms with Crippen LogP contribution in [0.4, 0.5) is 0 Å². The number of hydrogen-bond acceptors (Lipinski definition) is 4. The van der Waals surface area contributed by atoms with Crippen molar-refractivity contribution in [3.05, 3.63) is 0 Å². The number of amidine groups is 1. The van der Waals surface area contributed by atoms with Gasteiger partial charge in [-0.2, -0.15) is 0 Å². The molecule has 0 radical (unpaired) electrons. The lowest BCUT2D eigenvalue weighted by Crippen LogP contribution is -2.56. The second kappa shape index (κ2) is 6.75. The quantitative estimate of drug-likeness (QED) is 0.275. The number of oxime groups is 1. The van der Waals surface area contributed by atoms with Gasteiger partial charge in [0.15, 0.2) is 5.84 Å². The maximum atomic E-state index is 12.3. The molecule has 4 N–H and O–H groups in total. The third-order valence-electron chi connectivity index (χ3n) is 4.04. The van der Waals surface area contributed by atoms with Crippen LogP contribution < -0.4 is 11.1 Å². The van der Waals surface area contributed by atoms with Crippen molar-refractivity contribution in [2.75, 3.05) is 19.6 Å². The summed E-state index contributed by atoms with van der Waals surface area (Å²) in [5.41, 5.74) is 4.89. The molecule has 1 unspecified atom stereocenters. The van der Waals surface area contributed by atoms with Crippen LogP contribution in [0.5, 0.6) is 0 Å². The summed E-state index contributed by atoms with van der Waals surface area (Å²) < 4.78 is 0. The average Bonchev–Trinajstić information content (AvgIpc) is 2.34. The zero-order valence-corrected chi connectivity index (χ0v) is 12.1. The fraction of sp³-hybridized carbons (Fsp3) is 0.846. The van der Waals surface area contributed by atoms with Crippen LogP contribution in [0.15, 0.2) is 5.16 Å². The monoisotopic (exact) mass is 270 g/mol. The van der Waals surface area contributed by atoms with E-state index in [-0.39, 0.29) is 17.8 Å². The summed E-state index contributed by atoms with van der Waals surface area (Å²) >= 11 is 0. The molecule has 0 spiro atoms. The predicted molar refractivity (Wildman–Crippen MR) is 75.1 cm³/mol. The zero-order chi connectivity index (χ0) is 14.5. The summed E-state index contributed by atoms with van der Waals surface area (Å²) in [5.74, 6) is -0.0833. The van der Waals surface area contributed by atoms with Crippen LogP contribution in [-0.2, 0) is 4.79 Å². The first-order valence-electron chi connectivity index (χ1n) is 7.01. The Kier molecular flexibility index (Phi) is 5.60. The van der Waals surface area contributed by atoms with Crippen molar-refractivity contribution >= 4 is 11.7 Å². The lowest BCUT2D eigenvalue weighted by molar-refractivity contribution is -0.131. The number of nitrogens with one attached hydrogen (secondary N) is 1. The largest absolute Gasteiger partial charge is 0.409 e. The molecule has 1 aliphatic carbocycles. The topological polar surface area (TPSA) is 91.0 Å². The molecule has 1 rings (SSSR count). The van der Waals surface area contributed by atoms with E-state index in [1.807, 2.05) is 6.92 Å². The SMILES string of the molecule is CCN(CC)CC(C)NC(=O)C1(C(N)=NO)CCC1. The van der Waals surface area contributed by atoms with Crippen molar-refractivity contribution in [3.63, 3.8) is 0 Å². The molecule has 1 fully saturated rings. The number of carbonyl (C=O) groups excluding carboxylic acids is 1. The second-order valence-corrected chi connectivity index (χ2v) is 5.28. The third-order valence-corrected chi connectivity index (χ3v) is 4.04. The number of nitrogens with zero attached hydrogens (tertiary/aromatic N) is 2. The van der Waals surface area contributed by atoms with Crippen molar-refractivity contribution in [1.29, 1.82) is 0 Å². The smallest absolute Gasteiger partial charge is 0.234 e. The van der Waals surface area contributed by atoms with Gasteiger partial charge in [0, 0.05) is 12.6 Å². The van der Waals surface area contributed by atoms with E-state index < -0.39 is 5.41 Å². The molecule has 0 aliphatic heterocycles. The lowest BCUT2D eigenvalue weighted by Gasteiger charge is -2.39. The van der Waals surface area contributed by atoms with Crippen LogP contribution in [0.1, 0.15) is 40.0 Å². The number of carbonyl (C=O) groups is 1. The molecule has 0 aromatic rings. The molecular weight excluding hydrogens is 244 g/mol. The van der Waals surface area contributed by atoms with Crippen molar-refractivity contribution in [2.45, 2.75) is 46.1 Å². The Morgan fingerprint density at radius 2 is 2.05 bits per heavy atom. The van der Waals surface area contributed by atoms with E-state index in [1.165, 1.54) is 0 Å². The molecule has 19 heavy (non-hydrogen) atoms. The highest BCUT2D eigenvalue weighted by atomic mass is 16.4. The van der Waals surface area contributed by atoms with E-state index in [0.29, 0.717) is 12.8 Å². The Balaban J connectivity index is 2.58. The Hall–Kier alpha value is -1.30. The van der Waals surface area contributed by atoms with Crippen molar-refractivity contribution in [3.8, 4) is 0 Å². The van der Waals surface area contributed by atoms with E-state index in [4.69, 9.17) is 10.9 Å². The van der Waals surface area contributed by atoms with Crippen LogP contribution in [0, 0.1) is 5.41 Å². The molecule has 1 saturated carbocycles. The number of hydrogen-bond donors (Lipinski definition) is 3. The minimum Gasteiger partial charge on any atom is -0.409 e. The average molecular weight is 270 g/mol. The van der Waals surface area contributed by atoms with Gasteiger partial charge in [0.2, 0.25) is 5.91 Å². The molecule has 1 aliphatic rings. The number of rotatable bonds is 7. The molecule has 0 saturated heterocycles. The van der Waals surface area contributed by atoms with Crippen molar-refractivity contribution in [2.24, 2.45) is 16.3 Å². The van der Waals surface area contributed by atoms with E-state index >= 15 is 0 Å². The summed E-state index contributed by atoms with van der Waals surface area (Å²) in [5, 5.41) is 14.8. The van der Waals surface area contributed by atoms with Gasteiger partial charge in [-0.3, -0.25) is 4.79 Å². The molecular formula is C13H26N4O2. The summed E-state index contributed by atoms with van der Waals surface area (Å²) in [6.07, 6.45) is 2.26. The highest BCUT2D eigenvalue weighted by molar-refractivity contribution is 6.07. The van der Waals surface area contributed by atoms with Gasteiger partial charge in [-0.25, -0.2) is 0 Å². The maximum absolute atomic E-state index is 12.3. The third kappa shape index (κ3) is 3.37. The van der Waals surface area contributed by atoms with Crippen LogP contribution in [0.2, 0.25) is 0 Å². The summed E-state index contributed by atoms with van der Waals surface area (Å²) in [4.78, 5) is 14.6. The van der Waals surface area contributed by atoms with Gasteiger partial charge >= 0.3 is 0 Å². The number of amides is 1. The minimum atomic E-state index is -0.785. The Morgan fingerprint density at radius 1 is 1.47 bits per heavy atom. The predicted octanol–water partition coefficient (Wildman–Crippen LogP) is 0.750. The van der Waals surface area contributed by atoms with Gasteiger partial charge < -0.3 is 21.2 Å². The van der Waals surface area contributed by atoms with E-state index in [0.717, 1.165) is 26.1 Å². The Labute approximate surface area is 115 Å². The van der Waals surface area contributed by atoms with Crippen LogP contribution >= 0.6 is 0 Å². The molecule has 6 nitrogen and oxygen atoms in total. The Bertz CT molecular complexity index is 336. The Morgan fingerprint density at radius 3 is 2.42 bits per heavy atom. The first kappa shape index (κ1) is 15.8. The summed E-state index contributed by atoms with van der Waals surface area (Å²) in [6, 6.07) is 0.0522. The molecule has 0 aromatic carbocycles. The number of nitrogens with two attached hydrogens (primary N) is 1. The second-order valence-electron chi connectivity index (χ2n) is 5.28. The van der Waals surface area contributed by atoms with Crippen molar-refractivity contribution in [1.82, 2.24) is 10.2 Å². The van der Waals surface area contributed by atoms with E-state index in [2.05, 4.69) is 29.2 Å². The molecule has 1 amide bonds. The van der Waals surface area contributed by atoms with E-state index in [1.54, 1.807) is 0 Å². The molecule has 110 valence electrons. The molecule has 6 heteroatoms. The maximum Gasteiger partial charge on any atom is 0.234 e. The summed E-state index contributed by atoms with van der Waals surface area (Å²) in [6.45, 7) is 8.91. The molecule has 0 heterocycles. The zero-order valence-electron chi connectivity index (χ0n) is 12.1. The highest BCUT2D eigenvalue weighted by Crippen LogP contribution is 2.41. The standard InChI is InChI=1S/C13H26N4O2/c1-4-17(5-2)9-10(3)15-12(18)13(7-6-8-13)11(14)16-19/h10,19H,4-9H2,1-3H3,(H2,14,16)(H,15,18). The first-order chi connectivity index (χ1) is 9.00. The van der Waals surface area contributed by atoms with Crippen LogP contribution in [0.25, 0.3) is 0 Å². The van der Waals surface area contributed by atoms with Crippen LogP contribution in [-0.4, -0.2) is 47.5 Å².